The van der Waals surface area contributed by atoms with Crippen LogP contribution in [0.3, 0.4) is 0 Å². The summed E-state index contributed by atoms with van der Waals surface area (Å²) >= 11 is 0. The van der Waals surface area contributed by atoms with Crippen molar-refractivity contribution in [1.82, 2.24) is 0 Å². The third kappa shape index (κ3) is 4.82. The number of hydrogen-bond acceptors (Lipinski definition) is 2. The van der Waals surface area contributed by atoms with Gasteiger partial charge in [-0.3, -0.25) is 9.59 Å². The molecule has 0 spiro atoms. The minimum atomic E-state index is -0.371. The van der Waals surface area contributed by atoms with E-state index >= 15 is 0 Å². The summed E-state index contributed by atoms with van der Waals surface area (Å²) in [5.41, 5.74) is 3.11. The quantitative estimate of drug-likeness (QED) is 0.622. The molecular weight excluding hydrogens is 355 g/mol. The lowest BCUT2D eigenvalue weighted by Crippen LogP contribution is -2.14. The molecule has 3 rings (SSSR count). The summed E-state index contributed by atoms with van der Waals surface area (Å²) in [6.07, 6.45) is 0. The van der Waals surface area contributed by atoms with Gasteiger partial charge in [0.2, 0.25) is 0 Å². The van der Waals surface area contributed by atoms with Crippen LogP contribution in [0.15, 0.2) is 72.8 Å². The van der Waals surface area contributed by atoms with E-state index in [2.05, 4.69) is 24.5 Å². The van der Waals surface area contributed by atoms with Crippen molar-refractivity contribution >= 4 is 23.2 Å². The van der Waals surface area contributed by atoms with Gasteiger partial charge in [0, 0.05) is 22.5 Å². The van der Waals surface area contributed by atoms with E-state index in [1.165, 1.54) is 24.3 Å². The van der Waals surface area contributed by atoms with Crippen molar-refractivity contribution in [2.24, 2.45) is 0 Å². The summed E-state index contributed by atoms with van der Waals surface area (Å²) in [4.78, 5) is 24.8. The number of hydrogen-bond donors (Lipinski definition) is 2. The molecule has 4 nitrogen and oxygen atoms in total. The highest BCUT2D eigenvalue weighted by Crippen LogP contribution is 2.17. The van der Waals surface area contributed by atoms with Crippen molar-refractivity contribution in [1.29, 1.82) is 0 Å². The van der Waals surface area contributed by atoms with E-state index in [0.717, 1.165) is 5.56 Å². The topological polar surface area (TPSA) is 58.2 Å². The first kappa shape index (κ1) is 19.3. The van der Waals surface area contributed by atoms with Crippen molar-refractivity contribution in [3.63, 3.8) is 0 Å². The second kappa shape index (κ2) is 8.48. The molecule has 3 aromatic rings. The normalized spacial score (nSPS) is 10.6. The molecule has 0 heterocycles. The van der Waals surface area contributed by atoms with Gasteiger partial charge in [-0.15, -0.1) is 0 Å². The highest BCUT2D eigenvalue weighted by atomic mass is 19.1. The summed E-state index contributed by atoms with van der Waals surface area (Å²) in [5, 5.41) is 5.50. The maximum absolute atomic E-state index is 13.0. The number of carbonyl (C=O) groups excluding carboxylic acids is 2. The van der Waals surface area contributed by atoms with Gasteiger partial charge < -0.3 is 10.6 Å². The summed E-state index contributed by atoms with van der Waals surface area (Å²) in [6.45, 7) is 4.19. The minimum absolute atomic E-state index is 0.244. The second-order valence-electron chi connectivity index (χ2n) is 6.77. The predicted octanol–water partition coefficient (Wildman–Crippen LogP) is 5.45. The predicted molar refractivity (Wildman–Crippen MR) is 109 cm³/mol. The Morgan fingerprint density at radius 2 is 1.36 bits per heavy atom. The Bertz CT molecular complexity index is 980. The van der Waals surface area contributed by atoms with Crippen LogP contribution < -0.4 is 10.6 Å². The van der Waals surface area contributed by atoms with Crippen LogP contribution in [0, 0.1) is 5.82 Å². The molecule has 5 heteroatoms. The van der Waals surface area contributed by atoms with Crippen molar-refractivity contribution in [3.8, 4) is 0 Å². The van der Waals surface area contributed by atoms with Crippen molar-refractivity contribution in [3.05, 3.63) is 95.3 Å². The number of nitrogens with one attached hydrogen (secondary N) is 2. The van der Waals surface area contributed by atoms with Gasteiger partial charge in [0.1, 0.15) is 5.82 Å². The van der Waals surface area contributed by atoms with Crippen molar-refractivity contribution < 1.29 is 14.0 Å². The molecule has 0 bridgehead atoms. The summed E-state index contributed by atoms with van der Waals surface area (Å²) in [5.74, 6) is -0.562. The molecule has 0 saturated heterocycles. The molecule has 3 aromatic carbocycles. The van der Waals surface area contributed by atoms with Crippen LogP contribution in [0.4, 0.5) is 15.8 Å². The van der Waals surface area contributed by atoms with E-state index in [-0.39, 0.29) is 17.6 Å². The van der Waals surface area contributed by atoms with E-state index in [9.17, 15) is 14.0 Å². The highest BCUT2D eigenvalue weighted by Gasteiger charge is 2.10. The van der Waals surface area contributed by atoms with Gasteiger partial charge in [0.15, 0.2) is 0 Å². The highest BCUT2D eigenvalue weighted by molar-refractivity contribution is 6.07. The van der Waals surface area contributed by atoms with Crippen molar-refractivity contribution in [2.75, 3.05) is 10.6 Å². The zero-order valence-corrected chi connectivity index (χ0v) is 15.7. The molecule has 0 radical (unpaired) electrons. The minimum Gasteiger partial charge on any atom is -0.322 e. The van der Waals surface area contributed by atoms with Crippen molar-refractivity contribution in [2.45, 2.75) is 19.8 Å². The lowest BCUT2D eigenvalue weighted by molar-refractivity contribution is 0.101. The van der Waals surface area contributed by atoms with Gasteiger partial charge in [-0.05, 0) is 66.1 Å². The monoisotopic (exact) mass is 376 g/mol. The van der Waals surface area contributed by atoms with E-state index in [0.29, 0.717) is 28.4 Å². The largest absolute Gasteiger partial charge is 0.322 e. The molecule has 2 N–H and O–H groups in total. The van der Waals surface area contributed by atoms with Gasteiger partial charge in [0.05, 0.1) is 0 Å². The number of carbonyl (C=O) groups is 2. The molecule has 0 aliphatic carbocycles. The van der Waals surface area contributed by atoms with Gasteiger partial charge in [-0.1, -0.05) is 32.0 Å². The molecule has 28 heavy (non-hydrogen) atoms. The maximum Gasteiger partial charge on any atom is 0.255 e. The van der Waals surface area contributed by atoms with Gasteiger partial charge >= 0.3 is 0 Å². The van der Waals surface area contributed by atoms with E-state index in [4.69, 9.17) is 0 Å². The number of halogens is 1. The summed E-state index contributed by atoms with van der Waals surface area (Å²) in [7, 11) is 0. The van der Waals surface area contributed by atoms with E-state index in [1.807, 2.05) is 12.1 Å². The third-order valence-electron chi connectivity index (χ3n) is 4.32. The third-order valence-corrected chi connectivity index (χ3v) is 4.32. The molecule has 0 fully saturated rings. The first-order valence-corrected chi connectivity index (χ1v) is 9.00. The number of rotatable bonds is 5. The first-order chi connectivity index (χ1) is 13.4. The molecule has 2 amide bonds. The smallest absolute Gasteiger partial charge is 0.255 e. The summed E-state index contributed by atoms with van der Waals surface area (Å²) < 4.78 is 13.0. The zero-order valence-electron chi connectivity index (χ0n) is 15.7. The van der Waals surface area contributed by atoms with Crippen LogP contribution in [-0.4, -0.2) is 11.8 Å². The van der Waals surface area contributed by atoms with Crippen LogP contribution in [0.1, 0.15) is 46.0 Å². The first-order valence-electron chi connectivity index (χ1n) is 9.00. The van der Waals surface area contributed by atoms with Crippen LogP contribution in [0.5, 0.6) is 0 Å². The molecular formula is C23H21FN2O2. The lowest BCUT2D eigenvalue weighted by atomic mass is 10.0. The Kier molecular flexibility index (Phi) is 5.84. The van der Waals surface area contributed by atoms with Crippen LogP contribution in [0.25, 0.3) is 0 Å². The fourth-order valence-corrected chi connectivity index (χ4v) is 2.70. The molecule has 0 atom stereocenters. The maximum atomic E-state index is 13.0. The fourth-order valence-electron chi connectivity index (χ4n) is 2.70. The summed E-state index contributed by atoms with van der Waals surface area (Å²) in [6, 6.07) is 19.6. The lowest BCUT2D eigenvalue weighted by Gasteiger charge is -2.10. The SMILES string of the molecule is CC(C)c1ccc(C(=O)Nc2cccc(C(=O)Nc3ccc(F)cc3)c2)cc1. The Morgan fingerprint density at radius 3 is 2.00 bits per heavy atom. The second-order valence-corrected chi connectivity index (χ2v) is 6.77. The van der Waals surface area contributed by atoms with Gasteiger partial charge in [-0.25, -0.2) is 4.39 Å². The van der Waals surface area contributed by atoms with E-state index in [1.54, 1.807) is 36.4 Å². The Morgan fingerprint density at radius 1 is 0.750 bits per heavy atom. The molecule has 0 aromatic heterocycles. The van der Waals surface area contributed by atoms with E-state index < -0.39 is 0 Å². The number of anilines is 2. The van der Waals surface area contributed by atoms with Gasteiger partial charge in [-0.2, -0.15) is 0 Å². The van der Waals surface area contributed by atoms with Gasteiger partial charge in [0.25, 0.3) is 11.8 Å². The van der Waals surface area contributed by atoms with Crippen LogP contribution in [0.2, 0.25) is 0 Å². The molecule has 0 saturated carbocycles. The number of amides is 2. The molecule has 0 aliphatic rings. The average molecular weight is 376 g/mol. The Hall–Kier alpha value is -3.47. The van der Waals surface area contributed by atoms with Crippen LogP contribution in [-0.2, 0) is 0 Å². The Labute approximate surface area is 163 Å². The Balaban J connectivity index is 1.69. The standard InChI is InChI=1S/C23H21FN2O2/c1-15(2)16-6-8-17(9-7-16)22(27)26-21-5-3-4-18(14-21)23(28)25-20-12-10-19(24)11-13-20/h3-15H,1-2H3,(H,25,28)(H,26,27). The zero-order chi connectivity index (χ0) is 20.1. The van der Waals surface area contributed by atoms with Crippen LogP contribution >= 0.6 is 0 Å². The molecule has 142 valence electrons. The number of benzene rings is 3. The fraction of sp³-hybridized carbons (Fsp3) is 0.130. The average Bonchev–Trinajstić information content (AvgIpc) is 2.70. The molecule has 0 unspecified atom stereocenters. The molecule has 0 aliphatic heterocycles.